The molecule has 0 saturated heterocycles. The van der Waals surface area contributed by atoms with Gasteiger partial charge < -0.3 is 20.7 Å². The zero-order valence-electron chi connectivity index (χ0n) is 13.8. The Balaban J connectivity index is 2.70. The molecule has 0 aliphatic carbocycles. The number of aryl methyl sites for hydroxylation is 1. The molecule has 0 saturated carbocycles. The Labute approximate surface area is 128 Å². The smallest absolute Gasteiger partial charge is 0.242 e. The van der Waals surface area contributed by atoms with Crippen LogP contribution in [0.5, 0.6) is 5.88 Å². The molecular weight excluding hydrogens is 266 g/mol. The van der Waals surface area contributed by atoms with Crippen molar-refractivity contribution < 1.29 is 4.74 Å². The lowest BCUT2D eigenvalue weighted by atomic mass is 10.3. The summed E-state index contributed by atoms with van der Waals surface area (Å²) < 4.78 is 5.68. The molecule has 0 aromatic carbocycles. The van der Waals surface area contributed by atoms with Crippen LogP contribution in [0.4, 0.5) is 11.5 Å². The largest absolute Gasteiger partial charge is 0.476 e. The van der Waals surface area contributed by atoms with Crippen molar-refractivity contribution in [3.8, 4) is 5.88 Å². The summed E-state index contributed by atoms with van der Waals surface area (Å²) in [6.07, 6.45) is 3.87. The number of rotatable bonds is 10. The summed E-state index contributed by atoms with van der Waals surface area (Å²) in [4.78, 5) is 11.0. The molecule has 0 aliphatic rings. The van der Waals surface area contributed by atoms with Gasteiger partial charge in [-0.05, 0) is 33.5 Å². The Hall–Kier alpha value is -1.56. The van der Waals surface area contributed by atoms with Gasteiger partial charge in [0.1, 0.15) is 11.5 Å². The molecule has 6 heteroatoms. The van der Waals surface area contributed by atoms with Gasteiger partial charge in [-0.15, -0.1) is 0 Å². The SMILES string of the molecule is CCCCOc1nc(CC)nc(NCCCN(C)C)c1N. The normalized spacial score (nSPS) is 10.9. The molecule has 1 aromatic heterocycles. The zero-order chi connectivity index (χ0) is 15.7. The van der Waals surface area contributed by atoms with E-state index in [1.165, 1.54) is 0 Å². The molecule has 21 heavy (non-hydrogen) atoms. The van der Waals surface area contributed by atoms with Gasteiger partial charge in [0, 0.05) is 13.0 Å². The standard InChI is InChI=1S/C15H29N5O/c1-5-7-11-21-15-13(16)14(18-12(6-2)19-15)17-9-8-10-20(3)4/h5-11,16H2,1-4H3,(H,17,18,19). The predicted molar refractivity (Wildman–Crippen MR) is 87.9 cm³/mol. The van der Waals surface area contributed by atoms with Crippen molar-refractivity contribution in [2.75, 3.05) is 44.8 Å². The average molecular weight is 295 g/mol. The van der Waals surface area contributed by atoms with Crippen molar-refractivity contribution in [3.63, 3.8) is 0 Å². The van der Waals surface area contributed by atoms with Crippen molar-refractivity contribution >= 4 is 11.5 Å². The van der Waals surface area contributed by atoms with Crippen LogP contribution in [0.3, 0.4) is 0 Å². The van der Waals surface area contributed by atoms with Gasteiger partial charge in [0.05, 0.1) is 6.61 Å². The number of anilines is 2. The molecule has 3 N–H and O–H groups in total. The monoisotopic (exact) mass is 295 g/mol. The van der Waals surface area contributed by atoms with Gasteiger partial charge in [0.25, 0.3) is 0 Å². The van der Waals surface area contributed by atoms with Crippen LogP contribution in [0.15, 0.2) is 0 Å². The molecule has 0 spiro atoms. The van der Waals surface area contributed by atoms with E-state index in [0.717, 1.165) is 44.6 Å². The Morgan fingerprint density at radius 2 is 1.95 bits per heavy atom. The van der Waals surface area contributed by atoms with Gasteiger partial charge in [0.2, 0.25) is 5.88 Å². The Morgan fingerprint density at radius 1 is 1.19 bits per heavy atom. The molecule has 0 radical (unpaired) electrons. The minimum absolute atomic E-state index is 0.505. The van der Waals surface area contributed by atoms with E-state index in [0.29, 0.717) is 24.0 Å². The summed E-state index contributed by atoms with van der Waals surface area (Å²) in [6, 6.07) is 0. The number of aromatic nitrogens is 2. The van der Waals surface area contributed by atoms with E-state index in [2.05, 4.69) is 41.2 Å². The van der Waals surface area contributed by atoms with Crippen molar-refractivity contribution in [1.82, 2.24) is 14.9 Å². The van der Waals surface area contributed by atoms with Crippen LogP contribution in [0.1, 0.15) is 38.9 Å². The molecular formula is C15H29N5O. The van der Waals surface area contributed by atoms with Crippen molar-refractivity contribution in [2.24, 2.45) is 0 Å². The maximum atomic E-state index is 6.11. The molecule has 0 aliphatic heterocycles. The number of nitrogens with zero attached hydrogens (tertiary/aromatic N) is 3. The maximum Gasteiger partial charge on any atom is 0.242 e. The lowest BCUT2D eigenvalue weighted by Crippen LogP contribution is -2.17. The summed E-state index contributed by atoms with van der Waals surface area (Å²) in [7, 11) is 4.13. The third-order valence-corrected chi connectivity index (χ3v) is 3.08. The minimum Gasteiger partial charge on any atom is -0.476 e. The maximum absolute atomic E-state index is 6.11. The summed E-state index contributed by atoms with van der Waals surface area (Å²) in [6.45, 7) is 6.65. The van der Waals surface area contributed by atoms with Crippen LogP contribution in [0, 0.1) is 0 Å². The highest BCUT2D eigenvalue weighted by Gasteiger charge is 2.12. The molecule has 1 aromatic rings. The first kappa shape index (κ1) is 17.5. The highest BCUT2D eigenvalue weighted by Crippen LogP contribution is 2.26. The van der Waals surface area contributed by atoms with Crippen LogP contribution in [-0.2, 0) is 6.42 Å². The van der Waals surface area contributed by atoms with Gasteiger partial charge >= 0.3 is 0 Å². The second-order valence-electron chi connectivity index (χ2n) is 5.35. The van der Waals surface area contributed by atoms with E-state index in [1.54, 1.807) is 0 Å². The van der Waals surface area contributed by atoms with Crippen molar-refractivity contribution in [1.29, 1.82) is 0 Å². The quantitative estimate of drug-likeness (QED) is 0.644. The average Bonchev–Trinajstić information content (AvgIpc) is 2.46. The first-order valence-electron chi connectivity index (χ1n) is 7.76. The zero-order valence-corrected chi connectivity index (χ0v) is 13.8. The van der Waals surface area contributed by atoms with E-state index in [9.17, 15) is 0 Å². The molecule has 0 fully saturated rings. The molecule has 6 nitrogen and oxygen atoms in total. The van der Waals surface area contributed by atoms with E-state index >= 15 is 0 Å². The topological polar surface area (TPSA) is 76.3 Å². The van der Waals surface area contributed by atoms with Gasteiger partial charge in [0.15, 0.2) is 5.82 Å². The van der Waals surface area contributed by atoms with E-state index in [-0.39, 0.29) is 0 Å². The Morgan fingerprint density at radius 3 is 2.57 bits per heavy atom. The van der Waals surface area contributed by atoms with E-state index in [4.69, 9.17) is 10.5 Å². The second kappa shape index (κ2) is 9.39. The molecule has 1 heterocycles. The van der Waals surface area contributed by atoms with E-state index in [1.807, 2.05) is 6.92 Å². The summed E-state index contributed by atoms with van der Waals surface area (Å²) in [5, 5.41) is 3.29. The summed E-state index contributed by atoms with van der Waals surface area (Å²) in [5.41, 5.74) is 6.62. The van der Waals surface area contributed by atoms with Crippen LogP contribution < -0.4 is 15.8 Å². The lowest BCUT2D eigenvalue weighted by molar-refractivity contribution is 0.298. The van der Waals surface area contributed by atoms with Crippen LogP contribution in [0.2, 0.25) is 0 Å². The number of hydrogen-bond acceptors (Lipinski definition) is 6. The Bertz CT molecular complexity index is 423. The minimum atomic E-state index is 0.505. The van der Waals surface area contributed by atoms with Gasteiger partial charge in [-0.25, -0.2) is 4.98 Å². The van der Waals surface area contributed by atoms with Gasteiger partial charge in [-0.2, -0.15) is 4.98 Å². The number of unbranched alkanes of at least 4 members (excludes halogenated alkanes) is 1. The van der Waals surface area contributed by atoms with Crippen LogP contribution >= 0.6 is 0 Å². The summed E-state index contributed by atoms with van der Waals surface area (Å²) in [5.74, 6) is 1.95. The molecule has 120 valence electrons. The number of nitrogens with one attached hydrogen (secondary N) is 1. The van der Waals surface area contributed by atoms with Crippen molar-refractivity contribution in [2.45, 2.75) is 39.5 Å². The van der Waals surface area contributed by atoms with Crippen LogP contribution in [0.25, 0.3) is 0 Å². The number of hydrogen-bond donors (Lipinski definition) is 2. The fourth-order valence-electron chi connectivity index (χ4n) is 1.81. The molecule has 0 amide bonds. The Kier molecular flexibility index (Phi) is 7.82. The number of nitrogen functional groups attached to an aromatic ring is 1. The van der Waals surface area contributed by atoms with Crippen molar-refractivity contribution in [3.05, 3.63) is 5.82 Å². The lowest BCUT2D eigenvalue weighted by Gasteiger charge is -2.14. The van der Waals surface area contributed by atoms with Gasteiger partial charge in [-0.1, -0.05) is 20.3 Å². The number of nitrogens with two attached hydrogens (primary N) is 1. The third-order valence-electron chi connectivity index (χ3n) is 3.08. The van der Waals surface area contributed by atoms with Crippen LogP contribution in [-0.4, -0.2) is 48.7 Å². The fourth-order valence-corrected chi connectivity index (χ4v) is 1.81. The number of ether oxygens (including phenoxy) is 1. The predicted octanol–water partition coefficient (Wildman–Crippen LogP) is 2.16. The summed E-state index contributed by atoms with van der Waals surface area (Å²) >= 11 is 0. The second-order valence-corrected chi connectivity index (χ2v) is 5.35. The fraction of sp³-hybridized carbons (Fsp3) is 0.733. The molecule has 0 atom stereocenters. The molecule has 1 rings (SSSR count). The third kappa shape index (κ3) is 6.16. The van der Waals surface area contributed by atoms with Gasteiger partial charge in [-0.3, -0.25) is 0 Å². The highest BCUT2D eigenvalue weighted by atomic mass is 16.5. The first-order chi connectivity index (χ1) is 10.1. The van der Waals surface area contributed by atoms with E-state index < -0.39 is 0 Å². The highest BCUT2D eigenvalue weighted by molar-refractivity contribution is 5.66. The first-order valence-corrected chi connectivity index (χ1v) is 7.76. The molecule has 0 bridgehead atoms. The molecule has 0 unspecified atom stereocenters.